The second-order valence-electron chi connectivity index (χ2n) is 5.42. The van der Waals surface area contributed by atoms with Gasteiger partial charge in [-0.1, -0.05) is 20.8 Å². The molecule has 17 heavy (non-hydrogen) atoms. The molecule has 1 aliphatic rings. The van der Waals surface area contributed by atoms with Crippen LogP contribution < -0.4 is 5.32 Å². The topological polar surface area (TPSA) is 12.0 Å². The number of rotatable bonds is 3. The highest BCUT2D eigenvalue weighted by molar-refractivity contribution is 5.28. The molecule has 0 radical (unpaired) electrons. The molecule has 1 fully saturated rings. The fourth-order valence-electron chi connectivity index (χ4n) is 2.86. The van der Waals surface area contributed by atoms with Crippen LogP contribution in [0.2, 0.25) is 0 Å². The highest BCUT2D eigenvalue weighted by Gasteiger charge is 2.48. The van der Waals surface area contributed by atoms with E-state index in [0.29, 0.717) is 6.04 Å². The lowest BCUT2D eigenvalue weighted by molar-refractivity contribution is 0.0703. The fraction of sp³-hybridized carbons (Fsp3) is 0.571. The van der Waals surface area contributed by atoms with E-state index in [1.54, 1.807) is 0 Å². The summed E-state index contributed by atoms with van der Waals surface area (Å²) in [7, 11) is 0. The summed E-state index contributed by atoms with van der Waals surface area (Å²) < 4.78 is 26.4. The van der Waals surface area contributed by atoms with Crippen molar-refractivity contribution in [3.8, 4) is 0 Å². The molecule has 1 aromatic rings. The van der Waals surface area contributed by atoms with Gasteiger partial charge in [-0.3, -0.25) is 0 Å². The van der Waals surface area contributed by atoms with Gasteiger partial charge in [-0.25, -0.2) is 8.78 Å². The highest BCUT2D eigenvalue weighted by atomic mass is 19.1. The summed E-state index contributed by atoms with van der Waals surface area (Å²) in [6, 6.07) is 4.27. The summed E-state index contributed by atoms with van der Waals surface area (Å²) in [5.74, 6) is -0.734. The third-order valence-electron chi connectivity index (χ3n) is 4.01. The summed E-state index contributed by atoms with van der Waals surface area (Å²) >= 11 is 0. The molecule has 94 valence electrons. The molecule has 1 nitrogen and oxygen atoms in total. The minimum absolute atomic E-state index is 0.0518. The van der Waals surface area contributed by atoms with Crippen molar-refractivity contribution >= 4 is 0 Å². The molecule has 0 bridgehead atoms. The molecule has 1 saturated carbocycles. The number of halogens is 2. The van der Waals surface area contributed by atoms with Crippen LogP contribution in [0.4, 0.5) is 8.78 Å². The summed E-state index contributed by atoms with van der Waals surface area (Å²) in [6.07, 6.45) is 0.948. The molecule has 2 unspecified atom stereocenters. The summed E-state index contributed by atoms with van der Waals surface area (Å²) in [6.45, 7) is 7.30. The van der Waals surface area contributed by atoms with Crippen LogP contribution in [0.1, 0.15) is 38.7 Å². The smallest absolute Gasteiger partial charge is 0.126 e. The first-order valence-electron chi connectivity index (χ1n) is 6.14. The van der Waals surface area contributed by atoms with Crippen LogP contribution in [0.15, 0.2) is 18.2 Å². The molecule has 0 saturated heterocycles. The lowest BCUT2D eigenvalue weighted by Gasteiger charge is -2.53. The zero-order valence-corrected chi connectivity index (χ0v) is 10.6. The van der Waals surface area contributed by atoms with Crippen LogP contribution in [0, 0.1) is 17.0 Å². The molecule has 2 rings (SSSR count). The van der Waals surface area contributed by atoms with Crippen molar-refractivity contribution < 1.29 is 8.78 Å². The van der Waals surface area contributed by atoms with Crippen LogP contribution in [0.5, 0.6) is 0 Å². The minimum atomic E-state index is -0.484. The van der Waals surface area contributed by atoms with Gasteiger partial charge in [0.15, 0.2) is 0 Å². The van der Waals surface area contributed by atoms with Gasteiger partial charge in [0.25, 0.3) is 0 Å². The maximum atomic E-state index is 13.2. The van der Waals surface area contributed by atoms with E-state index in [1.807, 2.05) is 0 Å². The predicted octanol–water partition coefficient (Wildman–Crippen LogP) is 3.46. The van der Waals surface area contributed by atoms with E-state index >= 15 is 0 Å². The van der Waals surface area contributed by atoms with Gasteiger partial charge in [0.2, 0.25) is 0 Å². The number of hydrogen-bond donors (Lipinski definition) is 1. The van der Waals surface area contributed by atoms with Gasteiger partial charge in [0.1, 0.15) is 11.6 Å². The molecular weight excluding hydrogens is 220 g/mol. The van der Waals surface area contributed by atoms with Crippen molar-refractivity contribution in [1.29, 1.82) is 0 Å². The van der Waals surface area contributed by atoms with Gasteiger partial charge in [0.05, 0.1) is 0 Å². The molecule has 0 heterocycles. The van der Waals surface area contributed by atoms with E-state index in [4.69, 9.17) is 0 Å². The summed E-state index contributed by atoms with van der Waals surface area (Å²) in [4.78, 5) is 0. The molecule has 0 aromatic heterocycles. The van der Waals surface area contributed by atoms with Gasteiger partial charge >= 0.3 is 0 Å². The average molecular weight is 239 g/mol. The zero-order chi connectivity index (χ0) is 12.6. The Balaban J connectivity index is 2.20. The Labute approximate surface area is 101 Å². The van der Waals surface area contributed by atoms with Gasteiger partial charge < -0.3 is 5.32 Å². The molecule has 0 aliphatic heterocycles. The maximum absolute atomic E-state index is 13.2. The lowest BCUT2D eigenvalue weighted by Crippen LogP contribution is -2.55. The van der Waals surface area contributed by atoms with E-state index < -0.39 is 11.6 Å². The number of benzene rings is 1. The third-order valence-corrected chi connectivity index (χ3v) is 4.01. The van der Waals surface area contributed by atoms with Crippen molar-refractivity contribution in [2.24, 2.45) is 5.41 Å². The Bertz CT molecular complexity index is 394. The number of hydrogen-bond acceptors (Lipinski definition) is 1. The van der Waals surface area contributed by atoms with Crippen molar-refractivity contribution in [2.75, 3.05) is 6.54 Å². The average Bonchev–Trinajstić information content (AvgIpc) is 2.22. The highest BCUT2D eigenvalue weighted by Crippen LogP contribution is 2.52. The van der Waals surface area contributed by atoms with Crippen LogP contribution in [0.25, 0.3) is 0 Å². The van der Waals surface area contributed by atoms with Gasteiger partial charge in [-0.2, -0.15) is 0 Å². The Hall–Kier alpha value is -0.960. The first-order valence-corrected chi connectivity index (χ1v) is 6.14. The maximum Gasteiger partial charge on any atom is 0.126 e. The molecule has 1 aliphatic carbocycles. The van der Waals surface area contributed by atoms with E-state index in [0.717, 1.165) is 24.6 Å². The van der Waals surface area contributed by atoms with E-state index in [9.17, 15) is 8.78 Å². The second-order valence-corrected chi connectivity index (χ2v) is 5.42. The van der Waals surface area contributed by atoms with Crippen LogP contribution in [-0.2, 0) is 0 Å². The largest absolute Gasteiger partial charge is 0.314 e. The molecule has 3 heteroatoms. The van der Waals surface area contributed by atoms with Crippen LogP contribution in [0.3, 0.4) is 0 Å². The van der Waals surface area contributed by atoms with Crippen molar-refractivity contribution in [2.45, 2.75) is 39.2 Å². The van der Waals surface area contributed by atoms with Gasteiger partial charge in [-0.05, 0) is 42.0 Å². The van der Waals surface area contributed by atoms with Gasteiger partial charge in [-0.15, -0.1) is 0 Å². The third kappa shape index (κ3) is 2.21. The zero-order valence-electron chi connectivity index (χ0n) is 10.6. The fourth-order valence-corrected chi connectivity index (χ4v) is 2.86. The monoisotopic (exact) mass is 239 g/mol. The summed E-state index contributed by atoms with van der Waals surface area (Å²) in [5, 5.41) is 3.41. The van der Waals surface area contributed by atoms with Crippen molar-refractivity contribution in [1.82, 2.24) is 5.32 Å². The lowest BCUT2D eigenvalue weighted by atomic mass is 9.56. The minimum Gasteiger partial charge on any atom is -0.314 e. The first-order chi connectivity index (χ1) is 7.95. The summed E-state index contributed by atoms with van der Waals surface area (Å²) in [5.41, 5.74) is 0.831. The number of nitrogens with one attached hydrogen (secondary N) is 1. The van der Waals surface area contributed by atoms with E-state index in [2.05, 4.69) is 26.1 Å². The molecule has 0 spiro atoms. The molecular formula is C14H19F2N. The Morgan fingerprint density at radius 2 is 1.82 bits per heavy atom. The molecule has 0 amide bonds. The van der Waals surface area contributed by atoms with Crippen LogP contribution >= 0.6 is 0 Å². The van der Waals surface area contributed by atoms with E-state index in [1.165, 1.54) is 12.1 Å². The van der Waals surface area contributed by atoms with Gasteiger partial charge in [0, 0.05) is 12.1 Å². The quantitative estimate of drug-likeness (QED) is 0.851. The van der Waals surface area contributed by atoms with Crippen LogP contribution in [-0.4, -0.2) is 12.6 Å². The molecule has 1 aromatic carbocycles. The van der Waals surface area contributed by atoms with Crippen molar-refractivity contribution in [3.63, 3.8) is 0 Å². The first kappa shape index (κ1) is 12.5. The Morgan fingerprint density at radius 1 is 1.24 bits per heavy atom. The molecule has 2 atom stereocenters. The SMILES string of the molecule is CCNC1CC(c2cc(F)cc(F)c2)C1(C)C. The second kappa shape index (κ2) is 4.37. The normalized spacial score (nSPS) is 26.6. The van der Waals surface area contributed by atoms with Crippen molar-refractivity contribution in [3.05, 3.63) is 35.4 Å². The Morgan fingerprint density at radius 3 is 2.29 bits per heavy atom. The van der Waals surface area contributed by atoms with E-state index in [-0.39, 0.29) is 11.3 Å². The standard InChI is InChI=1S/C14H19F2N/c1-4-17-13-8-12(14(13,2)3)9-5-10(15)7-11(16)6-9/h5-7,12-13,17H,4,8H2,1-3H3. The predicted molar refractivity (Wildman–Crippen MR) is 65.0 cm³/mol. The Kier molecular flexibility index (Phi) is 3.21. The molecule has 1 N–H and O–H groups in total.